The third kappa shape index (κ3) is 6.02. The van der Waals surface area contributed by atoms with E-state index >= 15 is 0 Å². The molecule has 3 N–H and O–H groups in total. The highest BCUT2D eigenvalue weighted by atomic mass is 19.3. The predicted molar refractivity (Wildman–Crippen MR) is 98.8 cm³/mol. The van der Waals surface area contributed by atoms with Crippen LogP contribution >= 0.6 is 0 Å². The van der Waals surface area contributed by atoms with Crippen LogP contribution in [0.25, 0.3) is 0 Å². The topological polar surface area (TPSA) is 101 Å². The molecule has 0 radical (unpaired) electrons. The SMILES string of the molecule is NC(Cc1cc(F)ccc1F)C1CCN(C(=O)c2ccn(C(F)F)n2)CC1.O=CO. The second-order valence-corrected chi connectivity index (χ2v) is 6.80. The average Bonchev–Trinajstić information content (AvgIpc) is 3.21. The zero-order valence-electron chi connectivity index (χ0n) is 15.9. The highest BCUT2D eigenvalue weighted by Gasteiger charge is 2.29. The third-order valence-corrected chi connectivity index (χ3v) is 4.92. The molecule has 1 atom stereocenters. The van der Waals surface area contributed by atoms with Crippen molar-refractivity contribution >= 4 is 12.4 Å². The van der Waals surface area contributed by atoms with Crippen molar-refractivity contribution in [3.63, 3.8) is 0 Å². The minimum atomic E-state index is -2.79. The number of likely N-dealkylation sites (tertiary alicyclic amines) is 1. The van der Waals surface area contributed by atoms with Crippen LogP contribution in [0.1, 0.15) is 35.4 Å². The van der Waals surface area contributed by atoms with E-state index in [1.54, 1.807) is 4.90 Å². The summed E-state index contributed by atoms with van der Waals surface area (Å²) in [7, 11) is 0. The van der Waals surface area contributed by atoms with Gasteiger partial charge in [-0.25, -0.2) is 13.5 Å². The summed E-state index contributed by atoms with van der Waals surface area (Å²) in [5.74, 6) is -1.36. The van der Waals surface area contributed by atoms with Crippen molar-refractivity contribution in [2.75, 3.05) is 13.1 Å². The Morgan fingerprint density at radius 1 is 1.27 bits per heavy atom. The van der Waals surface area contributed by atoms with Gasteiger partial charge in [0.2, 0.25) is 0 Å². The second-order valence-electron chi connectivity index (χ2n) is 6.80. The summed E-state index contributed by atoms with van der Waals surface area (Å²) in [6.45, 7) is -2.23. The lowest BCUT2D eigenvalue weighted by Gasteiger charge is -2.34. The van der Waals surface area contributed by atoms with Crippen LogP contribution in [0.2, 0.25) is 0 Å². The summed E-state index contributed by atoms with van der Waals surface area (Å²) in [4.78, 5) is 22.3. The van der Waals surface area contributed by atoms with Gasteiger partial charge in [-0.3, -0.25) is 9.59 Å². The number of hydrogen-bond acceptors (Lipinski definition) is 4. The molecule has 1 aliphatic rings. The van der Waals surface area contributed by atoms with E-state index < -0.39 is 24.1 Å². The second kappa shape index (κ2) is 10.7. The molecule has 2 heterocycles. The maximum absolute atomic E-state index is 13.8. The summed E-state index contributed by atoms with van der Waals surface area (Å²) in [6.07, 6.45) is 2.47. The molecule has 0 spiro atoms. The Morgan fingerprint density at radius 3 is 2.47 bits per heavy atom. The van der Waals surface area contributed by atoms with Crippen molar-refractivity contribution in [2.24, 2.45) is 11.7 Å². The number of nitrogens with zero attached hydrogens (tertiary/aromatic N) is 3. The maximum atomic E-state index is 13.8. The van der Waals surface area contributed by atoms with Crippen LogP contribution < -0.4 is 5.73 Å². The largest absolute Gasteiger partial charge is 0.483 e. The summed E-state index contributed by atoms with van der Waals surface area (Å²) < 4.78 is 52.6. The van der Waals surface area contributed by atoms with Crippen molar-refractivity contribution in [1.29, 1.82) is 0 Å². The van der Waals surface area contributed by atoms with E-state index in [1.165, 1.54) is 6.07 Å². The lowest BCUT2D eigenvalue weighted by Crippen LogP contribution is -2.44. The minimum Gasteiger partial charge on any atom is -0.483 e. The highest BCUT2D eigenvalue weighted by Crippen LogP contribution is 2.24. The molecule has 7 nitrogen and oxygen atoms in total. The van der Waals surface area contributed by atoms with E-state index in [-0.39, 0.29) is 36.1 Å². The maximum Gasteiger partial charge on any atom is 0.333 e. The van der Waals surface area contributed by atoms with Gasteiger partial charge >= 0.3 is 6.55 Å². The monoisotopic (exact) mass is 430 g/mol. The van der Waals surface area contributed by atoms with Crippen LogP contribution in [-0.4, -0.2) is 51.3 Å². The normalized spacial score (nSPS) is 15.5. The van der Waals surface area contributed by atoms with Gasteiger partial charge in [0.05, 0.1) is 0 Å². The van der Waals surface area contributed by atoms with Crippen molar-refractivity contribution in [2.45, 2.75) is 31.9 Å². The van der Waals surface area contributed by atoms with E-state index in [4.69, 9.17) is 15.6 Å². The molecule has 1 aromatic carbocycles. The highest BCUT2D eigenvalue weighted by molar-refractivity contribution is 5.92. The summed E-state index contributed by atoms with van der Waals surface area (Å²) in [5, 5.41) is 10.5. The van der Waals surface area contributed by atoms with E-state index in [9.17, 15) is 22.4 Å². The number of rotatable bonds is 5. The van der Waals surface area contributed by atoms with E-state index in [1.807, 2.05) is 0 Å². The molecule has 3 rings (SSSR count). The van der Waals surface area contributed by atoms with Crippen LogP contribution in [0.3, 0.4) is 0 Å². The van der Waals surface area contributed by atoms with Gasteiger partial charge in [0.15, 0.2) is 5.69 Å². The predicted octanol–water partition coefficient (Wildman–Crippen LogP) is 2.68. The zero-order chi connectivity index (χ0) is 22.3. The Balaban J connectivity index is 0.00000101. The van der Waals surface area contributed by atoms with Crippen molar-refractivity contribution in [3.8, 4) is 0 Å². The first-order chi connectivity index (χ1) is 14.3. The Morgan fingerprint density at radius 2 is 1.90 bits per heavy atom. The summed E-state index contributed by atoms with van der Waals surface area (Å²) in [5.41, 5.74) is 6.38. The first-order valence-electron chi connectivity index (χ1n) is 9.16. The molecule has 1 aliphatic heterocycles. The molecule has 30 heavy (non-hydrogen) atoms. The number of amides is 1. The standard InChI is InChI=1S/C18H20F4N4O.CH2O2/c19-13-1-2-14(20)12(9-13)10-15(23)11-3-6-25(7-4-11)17(27)16-5-8-26(24-16)18(21)22;2-1-3/h1-2,5,8-9,11,15,18H,3-4,6-7,10,23H2;1H,(H,2,3). The lowest BCUT2D eigenvalue weighted by atomic mass is 9.86. The molecule has 1 amide bonds. The fourth-order valence-electron chi connectivity index (χ4n) is 3.37. The van der Waals surface area contributed by atoms with Gasteiger partial charge in [-0.15, -0.1) is 0 Å². The molecule has 0 bridgehead atoms. The van der Waals surface area contributed by atoms with Crippen LogP contribution in [0.15, 0.2) is 30.5 Å². The van der Waals surface area contributed by atoms with Gasteiger partial charge in [0, 0.05) is 25.3 Å². The number of carbonyl (C=O) groups is 2. The zero-order valence-corrected chi connectivity index (χ0v) is 15.9. The van der Waals surface area contributed by atoms with Gasteiger partial charge in [-0.05, 0) is 55.0 Å². The van der Waals surface area contributed by atoms with Crippen molar-refractivity contribution in [3.05, 3.63) is 53.4 Å². The fraction of sp³-hybridized carbons (Fsp3) is 0.421. The quantitative estimate of drug-likeness (QED) is 0.561. The van der Waals surface area contributed by atoms with Gasteiger partial charge in [0.1, 0.15) is 11.6 Å². The number of carbonyl (C=O) groups excluding carboxylic acids is 1. The molecule has 1 unspecified atom stereocenters. The number of halogens is 4. The first kappa shape index (κ1) is 23.3. The molecule has 0 aliphatic carbocycles. The van der Waals surface area contributed by atoms with Crippen LogP contribution in [0.5, 0.6) is 0 Å². The Bertz CT molecular complexity index is 854. The smallest absolute Gasteiger partial charge is 0.333 e. The number of benzene rings is 1. The molecule has 1 fully saturated rings. The Hall–Kier alpha value is -2.95. The van der Waals surface area contributed by atoms with Gasteiger partial charge in [0.25, 0.3) is 12.4 Å². The van der Waals surface area contributed by atoms with Gasteiger partial charge < -0.3 is 15.7 Å². The Labute approximate surface area is 170 Å². The third-order valence-electron chi connectivity index (χ3n) is 4.92. The van der Waals surface area contributed by atoms with E-state index in [2.05, 4.69) is 5.10 Å². The molecular weight excluding hydrogens is 408 g/mol. The van der Waals surface area contributed by atoms with Crippen LogP contribution in [-0.2, 0) is 11.2 Å². The molecule has 164 valence electrons. The number of carboxylic acid groups (broad SMARTS) is 1. The Kier molecular flexibility index (Phi) is 8.34. The lowest BCUT2D eigenvalue weighted by molar-refractivity contribution is -0.122. The van der Waals surface area contributed by atoms with Crippen LogP contribution in [0, 0.1) is 17.6 Å². The number of alkyl halides is 2. The number of hydrogen-bond donors (Lipinski definition) is 2. The molecular formula is C19H22F4N4O3. The first-order valence-corrected chi connectivity index (χ1v) is 9.16. The van der Waals surface area contributed by atoms with Gasteiger partial charge in [-0.1, -0.05) is 0 Å². The van der Waals surface area contributed by atoms with E-state index in [0.29, 0.717) is 30.6 Å². The number of piperidine rings is 1. The minimum absolute atomic E-state index is 0.0279. The summed E-state index contributed by atoms with van der Waals surface area (Å²) >= 11 is 0. The fourth-order valence-corrected chi connectivity index (χ4v) is 3.37. The summed E-state index contributed by atoms with van der Waals surface area (Å²) in [6, 6.07) is 4.18. The average molecular weight is 430 g/mol. The number of nitrogens with two attached hydrogens (primary N) is 1. The molecule has 11 heteroatoms. The van der Waals surface area contributed by atoms with Crippen molar-refractivity contribution in [1.82, 2.24) is 14.7 Å². The van der Waals surface area contributed by atoms with Crippen molar-refractivity contribution < 1.29 is 32.3 Å². The van der Waals surface area contributed by atoms with Gasteiger partial charge in [-0.2, -0.15) is 13.9 Å². The van der Waals surface area contributed by atoms with Crippen LogP contribution in [0.4, 0.5) is 17.6 Å². The molecule has 0 saturated carbocycles. The van der Waals surface area contributed by atoms with E-state index in [0.717, 1.165) is 24.4 Å². The molecule has 1 aromatic heterocycles. The number of aromatic nitrogens is 2. The molecule has 1 saturated heterocycles. The molecule has 2 aromatic rings.